The molecule has 1 unspecified atom stereocenters. The number of fused-ring (bicyclic) bond motifs is 1. The molecule has 2 rings (SSSR count). The Balaban J connectivity index is 2.69. The number of hydrogen-bond donors (Lipinski definition) is 1. The second kappa shape index (κ2) is 3.45. The highest BCUT2D eigenvalue weighted by Crippen LogP contribution is 2.32. The molecule has 0 amide bonds. The van der Waals surface area contributed by atoms with Crippen LogP contribution in [0.25, 0.3) is 0 Å². The number of pyridine rings is 1. The average Bonchev–Trinajstić information content (AvgIpc) is 2.27. The minimum absolute atomic E-state index is 0.102. The summed E-state index contributed by atoms with van der Waals surface area (Å²) in [7, 11) is 1.62. The molecule has 5 heteroatoms. The number of esters is 1. The van der Waals surface area contributed by atoms with E-state index in [2.05, 4.69) is 0 Å². The third-order valence-corrected chi connectivity index (χ3v) is 2.96. The number of cyclic esters (lactones) is 1. The first-order chi connectivity index (χ1) is 7.49. The molecule has 1 atom stereocenters. The molecule has 1 aromatic heterocycles. The zero-order valence-electron chi connectivity index (χ0n) is 9.19. The normalized spacial score (nSPS) is 23.8. The van der Waals surface area contributed by atoms with Crippen LogP contribution in [0.15, 0.2) is 17.1 Å². The lowest BCUT2D eigenvalue weighted by molar-refractivity contribution is -0.172. The van der Waals surface area contributed by atoms with E-state index in [0.717, 1.165) is 0 Å². The standard InChI is InChI=1S/C11H13NO4/c1-3-11(15)8-4-9(13)12(2)5-7(8)6-16-10(11)14/h4-5,15H,3,6H2,1-2H3. The predicted octanol–water partition coefficient (Wildman–Crippen LogP) is 0.0397. The molecule has 0 fully saturated rings. The highest BCUT2D eigenvalue weighted by Gasteiger charge is 2.43. The maximum absolute atomic E-state index is 11.5. The van der Waals surface area contributed by atoms with Gasteiger partial charge in [-0.15, -0.1) is 0 Å². The van der Waals surface area contributed by atoms with Gasteiger partial charge in [-0.25, -0.2) is 4.79 Å². The zero-order chi connectivity index (χ0) is 11.9. The summed E-state index contributed by atoms with van der Waals surface area (Å²) in [4.78, 5) is 23.0. The fraction of sp³-hybridized carbons (Fsp3) is 0.455. The van der Waals surface area contributed by atoms with Crippen molar-refractivity contribution in [2.45, 2.75) is 25.6 Å². The highest BCUT2D eigenvalue weighted by molar-refractivity contribution is 5.82. The van der Waals surface area contributed by atoms with E-state index < -0.39 is 11.6 Å². The van der Waals surface area contributed by atoms with Crippen LogP contribution in [0.4, 0.5) is 0 Å². The summed E-state index contributed by atoms with van der Waals surface area (Å²) in [6.07, 6.45) is 1.77. The molecule has 0 bridgehead atoms. The van der Waals surface area contributed by atoms with Crippen LogP contribution in [0.3, 0.4) is 0 Å². The Kier molecular flexibility index (Phi) is 2.35. The number of aryl methyl sites for hydroxylation is 1. The topological polar surface area (TPSA) is 68.5 Å². The molecular weight excluding hydrogens is 210 g/mol. The summed E-state index contributed by atoms with van der Waals surface area (Å²) in [5.74, 6) is -0.684. The quantitative estimate of drug-likeness (QED) is 0.682. The maximum atomic E-state index is 11.5. The first-order valence-electron chi connectivity index (χ1n) is 5.08. The molecule has 0 aromatic carbocycles. The number of aliphatic hydroxyl groups is 1. The molecule has 1 aromatic rings. The third kappa shape index (κ3) is 1.36. The number of ether oxygens (including phenoxy) is 1. The van der Waals surface area contributed by atoms with Crippen LogP contribution in [-0.2, 0) is 28.8 Å². The van der Waals surface area contributed by atoms with Crippen molar-refractivity contribution in [3.8, 4) is 0 Å². The molecule has 0 aliphatic carbocycles. The van der Waals surface area contributed by atoms with Crippen molar-refractivity contribution in [3.05, 3.63) is 33.7 Å². The fourth-order valence-corrected chi connectivity index (χ4v) is 1.89. The molecule has 2 heterocycles. The van der Waals surface area contributed by atoms with Crippen molar-refractivity contribution >= 4 is 5.97 Å². The largest absolute Gasteiger partial charge is 0.458 e. The van der Waals surface area contributed by atoms with Crippen molar-refractivity contribution in [3.63, 3.8) is 0 Å². The molecule has 1 aliphatic heterocycles. The number of aromatic nitrogens is 1. The Morgan fingerprint density at radius 1 is 1.56 bits per heavy atom. The van der Waals surface area contributed by atoms with E-state index >= 15 is 0 Å². The van der Waals surface area contributed by atoms with Crippen LogP contribution < -0.4 is 5.56 Å². The third-order valence-electron chi connectivity index (χ3n) is 2.96. The van der Waals surface area contributed by atoms with Gasteiger partial charge in [-0.1, -0.05) is 6.92 Å². The fourth-order valence-electron chi connectivity index (χ4n) is 1.89. The van der Waals surface area contributed by atoms with Crippen molar-refractivity contribution < 1.29 is 14.6 Å². The molecule has 5 nitrogen and oxygen atoms in total. The van der Waals surface area contributed by atoms with Gasteiger partial charge >= 0.3 is 5.97 Å². The van der Waals surface area contributed by atoms with E-state index in [0.29, 0.717) is 11.1 Å². The lowest BCUT2D eigenvalue weighted by Gasteiger charge is -2.31. The van der Waals surface area contributed by atoms with Gasteiger partial charge in [0.05, 0.1) is 0 Å². The number of nitrogens with zero attached hydrogens (tertiary/aromatic N) is 1. The van der Waals surface area contributed by atoms with Crippen LogP contribution in [0, 0.1) is 0 Å². The lowest BCUT2D eigenvalue weighted by atomic mass is 9.87. The van der Waals surface area contributed by atoms with Gasteiger partial charge in [-0.3, -0.25) is 4.79 Å². The van der Waals surface area contributed by atoms with E-state index in [1.165, 1.54) is 10.6 Å². The smallest absolute Gasteiger partial charge is 0.343 e. The second-order valence-electron chi connectivity index (χ2n) is 3.95. The Morgan fingerprint density at radius 3 is 2.88 bits per heavy atom. The van der Waals surface area contributed by atoms with Crippen LogP contribution in [-0.4, -0.2) is 15.6 Å². The first-order valence-corrected chi connectivity index (χ1v) is 5.08. The summed E-state index contributed by atoms with van der Waals surface area (Å²) in [6, 6.07) is 1.30. The van der Waals surface area contributed by atoms with Gasteiger partial charge in [0.1, 0.15) is 6.61 Å². The van der Waals surface area contributed by atoms with Gasteiger partial charge in [0.25, 0.3) is 5.56 Å². The van der Waals surface area contributed by atoms with Gasteiger partial charge in [0.15, 0.2) is 5.60 Å². The van der Waals surface area contributed by atoms with E-state index in [1.807, 2.05) is 0 Å². The predicted molar refractivity (Wildman–Crippen MR) is 55.7 cm³/mol. The van der Waals surface area contributed by atoms with E-state index in [4.69, 9.17) is 4.74 Å². The summed E-state index contributed by atoms with van der Waals surface area (Å²) in [6.45, 7) is 1.78. The summed E-state index contributed by atoms with van der Waals surface area (Å²) in [5.41, 5.74) is -0.887. The summed E-state index contributed by atoms with van der Waals surface area (Å²) < 4.78 is 6.30. The number of hydrogen-bond acceptors (Lipinski definition) is 4. The van der Waals surface area contributed by atoms with E-state index in [1.54, 1.807) is 20.2 Å². The SMILES string of the molecule is CCC1(O)C(=O)OCc2cn(C)c(=O)cc21. The van der Waals surface area contributed by atoms with Gasteiger partial charge in [0.2, 0.25) is 0 Å². The van der Waals surface area contributed by atoms with Gasteiger partial charge in [-0.05, 0) is 6.42 Å². The zero-order valence-corrected chi connectivity index (χ0v) is 9.19. The van der Waals surface area contributed by atoms with Gasteiger partial charge < -0.3 is 14.4 Å². The Hall–Kier alpha value is -1.62. The summed E-state index contributed by atoms with van der Waals surface area (Å²) >= 11 is 0. The summed E-state index contributed by atoms with van der Waals surface area (Å²) in [5, 5.41) is 10.2. The molecule has 0 radical (unpaired) electrons. The van der Waals surface area contributed by atoms with Crippen LogP contribution in [0.1, 0.15) is 24.5 Å². The Bertz CT molecular complexity index is 505. The van der Waals surface area contributed by atoms with Crippen molar-refractivity contribution in [1.82, 2.24) is 4.57 Å². The molecular formula is C11H13NO4. The van der Waals surface area contributed by atoms with Crippen LogP contribution in [0.5, 0.6) is 0 Å². The van der Waals surface area contributed by atoms with Crippen molar-refractivity contribution in [2.24, 2.45) is 7.05 Å². The van der Waals surface area contributed by atoms with Crippen molar-refractivity contribution in [1.29, 1.82) is 0 Å². The number of rotatable bonds is 1. The molecule has 1 N–H and O–H groups in total. The molecule has 1 aliphatic rings. The number of carbonyl (C=O) groups is 1. The maximum Gasteiger partial charge on any atom is 0.343 e. The molecule has 0 saturated carbocycles. The highest BCUT2D eigenvalue weighted by atomic mass is 16.6. The average molecular weight is 223 g/mol. The Labute approximate surface area is 92.3 Å². The van der Waals surface area contributed by atoms with Crippen LogP contribution >= 0.6 is 0 Å². The molecule has 0 saturated heterocycles. The first kappa shape index (κ1) is 10.9. The van der Waals surface area contributed by atoms with E-state index in [-0.39, 0.29) is 18.6 Å². The van der Waals surface area contributed by atoms with Gasteiger partial charge in [-0.2, -0.15) is 0 Å². The number of carbonyl (C=O) groups excluding carboxylic acids is 1. The minimum Gasteiger partial charge on any atom is -0.458 e. The molecule has 16 heavy (non-hydrogen) atoms. The molecule has 0 spiro atoms. The second-order valence-corrected chi connectivity index (χ2v) is 3.95. The minimum atomic E-state index is -1.68. The monoisotopic (exact) mass is 223 g/mol. The molecule has 86 valence electrons. The van der Waals surface area contributed by atoms with E-state index in [9.17, 15) is 14.7 Å². The van der Waals surface area contributed by atoms with Crippen LogP contribution in [0.2, 0.25) is 0 Å². The Morgan fingerprint density at radius 2 is 2.25 bits per heavy atom. The van der Waals surface area contributed by atoms with Gasteiger partial charge in [0, 0.05) is 30.4 Å². The lowest BCUT2D eigenvalue weighted by Crippen LogP contribution is -2.42. The van der Waals surface area contributed by atoms with Crippen molar-refractivity contribution in [2.75, 3.05) is 0 Å².